The van der Waals surface area contributed by atoms with E-state index >= 15 is 0 Å². The van der Waals surface area contributed by atoms with Crippen molar-refractivity contribution in [3.8, 4) is 11.3 Å². The standard InChI is InChI=1S/C17H20N2O2S2/c1-4-18(5-2)17-14-8-6-7-9-15(14)19(23(3,20)21)16(17)13-10-11-22-12-13/h6-12H,4-5H2,1-3H3. The number of rotatable bonds is 5. The molecule has 3 rings (SSSR count). The normalized spacial score (nSPS) is 12.0. The van der Waals surface area contributed by atoms with Gasteiger partial charge in [-0.3, -0.25) is 0 Å². The zero-order valence-corrected chi connectivity index (χ0v) is 15.1. The second-order valence-corrected chi connectivity index (χ2v) is 8.04. The van der Waals surface area contributed by atoms with Gasteiger partial charge in [0.1, 0.15) is 0 Å². The second kappa shape index (κ2) is 6.02. The molecule has 0 saturated heterocycles. The Morgan fingerprint density at radius 1 is 1.13 bits per heavy atom. The topological polar surface area (TPSA) is 42.3 Å². The third-order valence-corrected chi connectivity index (χ3v) is 5.74. The summed E-state index contributed by atoms with van der Waals surface area (Å²) in [7, 11) is -3.42. The monoisotopic (exact) mass is 348 g/mol. The first-order valence-electron chi connectivity index (χ1n) is 7.60. The van der Waals surface area contributed by atoms with Crippen molar-refractivity contribution in [3.63, 3.8) is 0 Å². The molecule has 0 aliphatic heterocycles. The Morgan fingerprint density at radius 2 is 1.83 bits per heavy atom. The van der Waals surface area contributed by atoms with Crippen LogP contribution in [-0.2, 0) is 10.0 Å². The van der Waals surface area contributed by atoms with Crippen LogP contribution in [0.5, 0.6) is 0 Å². The molecule has 0 amide bonds. The van der Waals surface area contributed by atoms with Gasteiger partial charge in [0.25, 0.3) is 0 Å². The van der Waals surface area contributed by atoms with Crippen LogP contribution in [0.3, 0.4) is 0 Å². The molecule has 0 bridgehead atoms. The van der Waals surface area contributed by atoms with Gasteiger partial charge in [0, 0.05) is 29.4 Å². The Labute approximate surface area is 141 Å². The van der Waals surface area contributed by atoms with Gasteiger partial charge in [0.2, 0.25) is 10.0 Å². The first-order valence-corrected chi connectivity index (χ1v) is 10.4. The molecule has 0 saturated carbocycles. The molecule has 0 atom stereocenters. The van der Waals surface area contributed by atoms with E-state index in [2.05, 4.69) is 18.7 Å². The number of hydrogen-bond donors (Lipinski definition) is 0. The Hall–Kier alpha value is -1.79. The third kappa shape index (κ3) is 2.66. The number of fused-ring (bicyclic) bond motifs is 1. The van der Waals surface area contributed by atoms with Gasteiger partial charge >= 0.3 is 0 Å². The van der Waals surface area contributed by atoms with E-state index in [1.807, 2.05) is 41.1 Å². The minimum absolute atomic E-state index is 0.734. The molecule has 0 aliphatic rings. The van der Waals surface area contributed by atoms with Crippen molar-refractivity contribution in [2.75, 3.05) is 24.2 Å². The van der Waals surface area contributed by atoms with E-state index < -0.39 is 10.0 Å². The first-order chi connectivity index (χ1) is 11.0. The lowest BCUT2D eigenvalue weighted by molar-refractivity contribution is 0.595. The molecule has 3 aromatic rings. The summed E-state index contributed by atoms with van der Waals surface area (Å²) in [5, 5.41) is 4.96. The molecule has 0 fully saturated rings. The van der Waals surface area contributed by atoms with E-state index in [1.54, 1.807) is 11.3 Å². The number of para-hydroxylation sites is 1. The molecule has 23 heavy (non-hydrogen) atoms. The zero-order chi connectivity index (χ0) is 16.6. The van der Waals surface area contributed by atoms with Crippen molar-refractivity contribution in [1.29, 1.82) is 0 Å². The molecule has 1 aromatic carbocycles. The van der Waals surface area contributed by atoms with Crippen LogP contribution in [0.4, 0.5) is 5.69 Å². The fraction of sp³-hybridized carbons (Fsp3) is 0.294. The Morgan fingerprint density at radius 3 is 2.39 bits per heavy atom. The third-order valence-electron chi connectivity index (χ3n) is 4.01. The van der Waals surface area contributed by atoms with Crippen molar-refractivity contribution >= 4 is 38.0 Å². The average Bonchev–Trinajstić information content (AvgIpc) is 3.13. The number of hydrogen-bond acceptors (Lipinski definition) is 4. The van der Waals surface area contributed by atoms with Crippen molar-refractivity contribution in [1.82, 2.24) is 3.97 Å². The van der Waals surface area contributed by atoms with Crippen molar-refractivity contribution in [2.24, 2.45) is 0 Å². The largest absolute Gasteiger partial charge is 0.370 e. The van der Waals surface area contributed by atoms with E-state index in [9.17, 15) is 8.42 Å². The molecule has 2 heterocycles. The van der Waals surface area contributed by atoms with Gasteiger partial charge in [-0.25, -0.2) is 12.4 Å². The fourth-order valence-electron chi connectivity index (χ4n) is 3.05. The number of nitrogens with zero attached hydrogens (tertiary/aromatic N) is 2. The molecule has 0 radical (unpaired) electrons. The first kappa shape index (κ1) is 16.1. The van der Waals surface area contributed by atoms with Crippen LogP contribution in [0.2, 0.25) is 0 Å². The highest BCUT2D eigenvalue weighted by Gasteiger charge is 2.26. The van der Waals surface area contributed by atoms with Gasteiger partial charge in [-0.1, -0.05) is 18.2 Å². The Bertz CT molecular complexity index is 921. The molecule has 0 spiro atoms. The summed E-state index contributed by atoms with van der Waals surface area (Å²) in [6, 6.07) is 9.69. The number of aromatic nitrogens is 1. The van der Waals surface area contributed by atoms with Gasteiger partial charge in [-0.05, 0) is 31.4 Å². The Kier molecular flexibility index (Phi) is 4.21. The summed E-state index contributed by atoms with van der Waals surface area (Å²) in [5.41, 5.74) is 3.43. The lowest BCUT2D eigenvalue weighted by Gasteiger charge is -2.22. The molecule has 0 N–H and O–H groups in total. The summed E-state index contributed by atoms with van der Waals surface area (Å²) < 4.78 is 26.5. The second-order valence-electron chi connectivity index (χ2n) is 5.43. The van der Waals surface area contributed by atoms with Crippen LogP contribution < -0.4 is 4.90 Å². The fourth-order valence-corrected chi connectivity index (χ4v) is 4.73. The molecule has 0 unspecified atom stereocenters. The Balaban J connectivity index is 2.52. The van der Waals surface area contributed by atoms with E-state index in [0.717, 1.165) is 40.9 Å². The number of thiophene rings is 1. The maximum absolute atomic E-state index is 12.5. The number of anilines is 1. The quantitative estimate of drug-likeness (QED) is 0.699. The minimum atomic E-state index is -3.42. The smallest absolute Gasteiger partial charge is 0.236 e. The van der Waals surface area contributed by atoms with Crippen molar-refractivity contribution < 1.29 is 8.42 Å². The van der Waals surface area contributed by atoms with Crippen LogP contribution >= 0.6 is 11.3 Å². The van der Waals surface area contributed by atoms with Crippen LogP contribution in [0.1, 0.15) is 13.8 Å². The van der Waals surface area contributed by atoms with Gasteiger partial charge in [0.15, 0.2) is 0 Å². The average molecular weight is 348 g/mol. The highest BCUT2D eigenvalue weighted by atomic mass is 32.2. The maximum Gasteiger partial charge on any atom is 0.236 e. The summed E-state index contributed by atoms with van der Waals surface area (Å²) in [6.45, 7) is 5.83. The minimum Gasteiger partial charge on any atom is -0.370 e. The summed E-state index contributed by atoms with van der Waals surface area (Å²) in [6.07, 6.45) is 1.27. The van der Waals surface area contributed by atoms with Crippen molar-refractivity contribution in [3.05, 3.63) is 41.1 Å². The van der Waals surface area contributed by atoms with Crippen LogP contribution in [-0.4, -0.2) is 31.7 Å². The van der Waals surface area contributed by atoms with Crippen LogP contribution in [0.25, 0.3) is 22.2 Å². The summed E-state index contributed by atoms with van der Waals surface area (Å²) in [4.78, 5) is 2.22. The van der Waals surface area contributed by atoms with E-state index in [0.29, 0.717) is 0 Å². The van der Waals surface area contributed by atoms with Gasteiger partial charge in [-0.2, -0.15) is 11.3 Å². The van der Waals surface area contributed by atoms with Crippen molar-refractivity contribution in [2.45, 2.75) is 13.8 Å². The van der Waals surface area contributed by atoms with E-state index in [-0.39, 0.29) is 0 Å². The van der Waals surface area contributed by atoms with E-state index in [1.165, 1.54) is 10.2 Å². The van der Waals surface area contributed by atoms with Gasteiger partial charge < -0.3 is 4.90 Å². The highest BCUT2D eigenvalue weighted by Crippen LogP contribution is 2.42. The molecule has 0 aliphatic carbocycles. The maximum atomic E-state index is 12.5. The summed E-state index contributed by atoms with van der Waals surface area (Å²) >= 11 is 1.57. The lowest BCUT2D eigenvalue weighted by Crippen LogP contribution is -2.22. The summed E-state index contributed by atoms with van der Waals surface area (Å²) in [5.74, 6) is 0. The SMILES string of the molecule is CCN(CC)c1c(-c2ccsc2)n(S(C)(=O)=O)c2ccccc12. The highest BCUT2D eigenvalue weighted by molar-refractivity contribution is 7.89. The predicted molar refractivity (Wildman–Crippen MR) is 99.1 cm³/mol. The molecule has 122 valence electrons. The molecular weight excluding hydrogens is 328 g/mol. The van der Waals surface area contributed by atoms with E-state index in [4.69, 9.17) is 0 Å². The molecular formula is C17H20N2O2S2. The predicted octanol–water partition coefficient (Wildman–Crippen LogP) is 4.02. The van der Waals surface area contributed by atoms with Crippen LogP contribution in [0.15, 0.2) is 41.1 Å². The zero-order valence-electron chi connectivity index (χ0n) is 13.5. The van der Waals surface area contributed by atoms with Gasteiger partial charge in [0.05, 0.1) is 23.2 Å². The molecule has 2 aromatic heterocycles. The lowest BCUT2D eigenvalue weighted by atomic mass is 10.1. The molecule has 6 heteroatoms. The number of benzene rings is 1. The van der Waals surface area contributed by atoms with Gasteiger partial charge in [-0.15, -0.1) is 0 Å². The molecule has 4 nitrogen and oxygen atoms in total. The van der Waals surface area contributed by atoms with Crippen LogP contribution in [0, 0.1) is 0 Å².